The minimum atomic E-state index is -0.554. The van der Waals surface area contributed by atoms with Gasteiger partial charge in [0.15, 0.2) is 12.4 Å². The maximum Gasteiger partial charge on any atom is 0.310 e. The zero-order valence-corrected chi connectivity index (χ0v) is 10.0. The molecule has 6 heteroatoms. The monoisotopic (exact) mass is 250 g/mol. The molecule has 1 aromatic rings. The highest BCUT2D eigenvalue weighted by Gasteiger charge is 2.14. The molecule has 0 aliphatic rings. The molecule has 1 rings (SSSR count). The van der Waals surface area contributed by atoms with Gasteiger partial charge in [-0.1, -0.05) is 24.3 Å². The zero-order valence-electron chi connectivity index (χ0n) is 10.0. The number of amides is 1. The van der Waals surface area contributed by atoms with E-state index in [0.717, 1.165) is 5.57 Å². The average molecular weight is 250 g/mol. The average Bonchev–Trinajstić information content (AvgIpc) is 2.34. The molecular formula is C12H14N2O4. The zero-order chi connectivity index (χ0) is 13.5. The summed E-state index contributed by atoms with van der Waals surface area (Å²) >= 11 is 0. The van der Waals surface area contributed by atoms with Gasteiger partial charge in [-0.05, 0) is 13.0 Å². The lowest BCUT2D eigenvalue weighted by Gasteiger charge is -2.07. The highest BCUT2D eigenvalue weighted by atomic mass is 16.6. The predicted octanol–water partition coefficient (Wildman–Crippen LogP) is 1.67. The molecule has 96 valence electrons. The van der Waals surface area contributed by atoms with E-state index in [1.807, 2.05) is 0 Å². The van der Waals surface area contributed by atoms with E-state index < -0.39 is 4.92 Å². The first-order chi connectivity index (χ1) is 8.50. The number of benzene rings is 1. The standard InChI is InChI=1S/C12H14N2O4/c1-9(2)7-13-12(15)8-18-11-6-4-3-5-10(11)14(16)17/h3-6H,1,7-8H2,2H3,(H,13,15). The van der Waals surface area contributed by atoms with Crippen molar-refractivity contribution < 1.29 is 14.5 Å². The van der Waals surface area contributed by atoms with E-state index in [0.29, 0.717) is 6.54 Å². The van der Waals surface area contributed by atoms with Crippen molar-refractivity contribution in [2.24, 2.45) is 0 Å². The van der Waals surface area contributed by atoms with Gasteiger partial charge in [0, 0.05) is 12.6 Å². The largest absolute Gasteiger partial charge is 0.477 e. The van der Waals surface area contributed by atoms with Crippen LogP contribution in [0.25, 0.3) is 0 Å². The highest BCUT2D eigenvalue weighted by molar-refractivity contribution is 5.77. The number of ether oxygens (including phenoxy) is 1. The first kappa shape index (κ1) is 13.7. The molecule has 0 spiro atoms. The van der Waals surface area contributed by atoms with Gasteiger partial charge in [0.2, 0.25) is 0 Å². The minimum absolute atomic E-state index is 0.0768. The summed E-state index contributed by atoms with van der Waals surface area (Å²) in [7, 11) is 0. The summed E-state index contributed by atoms with van der Waals surface area (Å²) in [5.74, 6) is -0.274. The smallest absolute Gasteiger partial charge is 0.310 e. The van der Waals surface area contributed by atoms with Crippen LogP contribution in [0, 0.1) is 10.1 Å². The van der Waals surface area contributed by atoms with Gasteiger partial charge in [-0.15, -0.1) is 0 Å². The third-order valence-electron chi connectivity index (χ3n) is 2.01. The second-order valence-electron chi connectivity index (χ2n) is 3.75. The van der Waals surface area contributed by atoms with Crippen LogP contribution < -0.4 is 10.1 Å². The highest BCUT2D eigenvalue weighted by Crippen LogP contribution is 2.25. The Hall–Kier alpha value is -2.37. The molecule has 6 nitrogen and oxygen atoms in total. The van der Waals surface area contributed by atoms with Gasteiger partial charge >= 0.3 is 5.69 Å². The van der Waals surface area contributed by atoms with E-state index >= 15 is 0 Å². The molecule has 0 fully saturated rings. The summed E-state index contributed by atoms with van der Waals surface area (Å²) in [5, 5.41) is 13.3. The van der Waals surface area contributed by atoms with Crippen LogP contribution in [0.15, 0.2) is 36.4 Å². The maximum atomic E-state index is 11.4. The van der Waals surface area contributed by atoms with Crippen molar-refractivity contribution in [3.05, 3.63) is 46.5 Å². The number of carbonyl (C=O) groups excluding carboxylic acids is 1. The van der Waals surface area contributed by atoms with Crippen LogP contribution in [0.4, 0.5) is 5.69 Å². The summed E-state index contributed by atoms with van der Waals surface area (Å²) in [5.41, 5.74) is 0.652. The Morgan fingerprint density at radius 2 is 2.17 bits per heavy atom. The molecule has 0 radical (unpaired) electrons. The van der Waals surface area contributed by atoms with Gasteiger partial charge in [-0.3, -0.25) is 14.9 Å². The molecule has 0 saturated carbocycles. The van der Waals surface area contributed by atoms with Crippen LogP contribution >= 0.6 is 0 Å². The third-order valence-corrected chi connectivity index (χ3v) is 2.01. The Bertz CT molecular complexity index is 471. The molecule has 1 aromatic carbocycles. The maximum absolute atomic E-state index is 11.4. The number of nitrogens with one attached hydrogen (secondary N) is 1. The first-order valence-corrected chi connectivity index (χ1v) is 5.28. The lowest BCUT2D eigenvalue weighted by Crippen LogP contribution is -2.30. The van der Waals surface area contributed by atoms with E-state index in [1.165, 1.54) is 18.2 Å². The summed E-state index contributed by atoms with van der Waals surface area (Å²) < 4.78 is 5.11. The first-order valence-electron chi connectivity index (χ1n) is 5.28. The molecular weight excluding hydrogens is 236 g/mol. The van der Waals surface area contributed by atoms with Gasteiger partial charge in [-0.2, -0.15) is 0 Å². The molecule has 1 N–H and O–H groups in total. The van der Waals surface area contributed by atoms with Crippen LogP contribution in [-0.4, -0.2) is 24.0 Å². The molecule has 0 aromatic heterocycles. The fourth-order valence-electron chi connectivity index (χ4n) is 1.17. The summed E-state index contributed by atoms with van der Waals surface area (Å²) in [6, 6.07) is 5.91. The van der Waals surface area contributed by atoms with Crippen molar-refractivity contribution in [3.8, 4) is 5.75 Å². The van der Waals surface area contributed by atoms with Crippen LogP contribution in [0.3, 0.4) is 0 Å². The minimum Gasteiger partial charge on any atom is -0.477 e. The SMILES string of the molecule is C=C(C)CNC(=O)COc1ccccc1[N+](=O)[O-]. The number of rotatable bonds is 6. The third kappa shape index (κ3) is 4.25. The Labute approximate surface area is 104 Å². The fourth-order valence-corrected chi connectivity index (χ4v) is 1.17. The fraction of sp³-hybridized carbons (Fsp3) is 0.250. The van der Waals surface area contributed by atoms with Gasteiger partial charge in [0.25, 0.3) is 5.91 Å². The number of nitro benzene ring substituents is 1. The Kier molecular flexibility index (Phi) is 4.86. The second-order valence-corrected chi connectivity index (χ2v) is 3.75. The van der Waals surface area contributed by atoms with E-state index in [4.69, 9.17) is 4.74 Å². The topological polar surface area (TPSA) is 81.5 Å². The van der Waals surface area contributed by atoms with Crippen molar-refractivity contribution in [2.75, 3.05) is 13.2 Å². The summed E-state index contributed by atoms with van der Waals surface area (Å²) in [4.78, 5) is 21.5. The number of nitro groups is 1. The molecule has 1 amide bonds. The Morgan fingerprint density at radius 1 is 1.50 bits per heavy atom. The number of hydrogen-bond acceptors (Lipinski definition) is 4. The van der Waals surface area contributed by atoms with Crippen molar-refractivity contribution >= 4 is 11.6 Å². The van der Waals surface area contributed by atoms with Gasteiger partial charge in [-0.25, -0.2) is 0 Å². The molecule has 0 bridgehead atoms. The van der Waals surface area contributed by atoms with Crippen molar-refractivity contribution in [2.45, 2.75) is 6.92 Å². The number of para-hydroxylation sites is 2. The molecule has 0 saturated heterocycles. The van der Waals surface area contributed by atoms with Crippen molar-refractivity contribution in [3.63, 3.8) is 0 Å². The molecule has 0 atom stereocenters. The van der Waals surface area contributed by atoms with Gasteiger partial charge in [0.1, 0.15) is 0 Å². The van der Waals surface area contributed by atoms with E-state index in [-0.39, 0.29) is 24.0 Å². The summed E-state index contributed by atoms with van der Waals surface area (Å²) in [6.07, 6.45) is 0. The lowest BCUT2D eigenvalue weighted by molar-refractivity contribution is -0.385. The Balaban J connectivity index is 2.56. The molecule has 0 heterocycles. The van der Waals surface area contributed by atoms with Crippen LogP contribution in [0.5, 0.6) is 5.75 Å². The number of hydrogen-bond donors (Lipinski definition) is 1. The second kappa shape index (κ2) is 6.39. The quantitative estimate of drug-likeness (QED) is 0.473. The number of nitrogens with zero attached hydrogens (tertiary/aromatic N) is 1. The van der Waals surface area contributed by atoms with Gasteiger partial charge in [0.05, 0.1) is 4.92 Å². The Morgan fingerprint density at radius 3 is 2.78 bits per heavy atom. The van der Waals surface area contributed by atoms with Crippen LogP contribution in [-0.2, 0) is 4.79 Å². The summed E-state index contributed by atoms with van der Waals surface area (Å²) in [6.45, 7) is 5.51. The van der Waals surface area contributed by atoms with Crippen molar-refractivity contribution in [1.29, 1.82) is 0 Å². The molecule has 0 aliphatic heterocycles. The predicted molar refractivity (Wildman–Crippen MR) is 66.4 cm³/mol. The lowest BCUT2D eigenvalue weighted by atomic mass is 10.3. The van der Waals surface area contributed by atoms with E-state index in [9.17, 15) is 14.9 Å². The van der Waals surface area contributed by atoms with E-state index in [2.05, 4.69) is 11.9 Å². The van der Waals surface area contributed by atoms with E-state index in [1.54, 1.807) is 13.0 Å². The van der Waals surface area contributed by atoms with Crippen LogP contribution in [0.2, 0.25) is 0 Å². The van der Waals surface area contributed by atoms with Gasteiger partial charge < -0.3 is 10.1 Å². The van der Waals surface area contributed by atoms with Crippen LogP contribution in [0.1, 0.15) is 6.92 Å². The normalized spacial score (nSPS) is 9.61. The number of carbonyl (C=O) groups is 1. The van der Waals surface area contributed by atoms with Crippen molar-refractivity contribution in [1.82, 2.24) is 5.32 Å². The molecule has 18 heavy (non-hydrogen) atoms. The molecule has 0 unspecified atom stereocenters. The molecule has 0 aliphatic carbocycles.